The van der Waals surface area contributed by atoms with Gasteiger partial charge < -0.3 is 10.2 Å². The van der Waals surface area contributed by atoms with Crippen LogP contribution in [0, 0.1) is 10.1 Å². The molecule has 2 heterocycles. The fraction of sp³-hybridized carbons (Fsp3) is 0.400. The van der Waals surface area contributed by atoms with Gasteiger partial charge >= 0.3 is 0 Å². The highest BCUT2D eigenvalue weighted by Gasteiger charge is 2.32. The van der Waals surface area contributed by atoms with Gasteiger partial charge in [0.05, 0.1) is 10.6 Å². The highest BCUT2D eigenvalue weighted by molar-refractivity contribution is 6.21. The van der Waals surface area contributed by atoms with E-state index in [-0.39, 0.29) is 10.6 Å². The molecule has 0 aliphatic carbocycles. The lowest BCUT2D eigenvalue weighted by Crippen LogP contribution is -2.34. The van der Waals surface area contributed by atoms with Crippen molar-refractivity contribution in [3.05, 3.63) is 45.6 Å². The average Bonchev–Trinajstić information content (AvgIpc) is 2.45. The van der Waals surface area contributed by atoms with Crippen LogP contribution < -0.4 is 10.2 Å². The Morgan fingerprint density at radius 1 is 1.33 bits per heavy atom. The lowest BCUT2D eigenvalue weighted by Gasteiger charge is -2.32. The molecule has 2 aliphatic rings. The summed E-state index contributed by atoms with van der Waals surface area (Å²) in [6.45, 7) is 4.69. The van der Waals surface area contributed by atoms with E-state index in [9.17, 15) is 10.1 Å². The first kappa shape index (κ1) is 16.8. The van der Waals surface area contributed by atoms with Crippen LogP contribution in [0.4, 0.5) is 11.4 Å². The van der Waals surface area contributed by atoms with Gasteiger partial charge in [-0.2, -0.15) is 0 Å². The van der Waals surface area contributed by atoms with E-state index in [4.69, 9.17) is 0 Å². The van der Waals surface area contributed by atoms with Gasteiger partial charge in [0, 0.05) is 37.0 Å². The first-order valence-corrected chi connectivity index (χ1v) is 6.94. The van der Waals surface area contributed by atoms with Crippen LogP contribution in [0.1, 0.15) is 19.4 Å². The molecule has 1 aromatic carbocycles. The van der Waals surface area contributed by atoms with Crippen molar-refractivity contribution in [1.29, 1.82) is 0 Å². The molecule has 6 heteroatoms. The Balaban J connectivity index is 0.000000395. The standard InChI is InChI=1S/C11H9N3O2.C2H7N.C2H6/c1-13-6-7-5-12-10(7)8-3-2-4-9(11(8)13)14(15)16;1-3-2;1-2/h2-5H,6H2,1H3;3H,1-2H3;1-2H3. The third-order valence-corrected chi connectivity index (χ3v) is 2.91. The summed E-state index contributed by atoms with van der Waals surface area (Å²) >= 11 is 0. The second-order valence-corrected chi connectivity index (χ2v) is 4.42. The van der Waals surface area contributed by atoms with Crippen LogP contribution in [0.3, 0.4) is 0 Å². The van der Waals surface area contributed by atoms with E-state index < -0.39 is 0 Å². The molecule has 3 rings (SSSR count). The molecular formula is C15H22N4O2. The van der Waals surface area contributed by atoms with Gasteiger partial charge in [0.25, 0.3) is 5.69 Å². The number of fused-ring (bicyclic) bond motifs is 3. The van der Waals surface area contributed by atoms with Crippen LogP contribution in [-0.2, 0) is 0 Å². The number of aliphatic imine (C=N–C) groups is 1. The lowest BCUT2D eigenvalue weighted by atomic mass is 9.92. The molecular weight excluding hydrogens is 268 g/mol. The maximum absolute atomic E-state index is 10.9. The second-order valence-electron chi connectivity index (χ2n) is 4.42. The minimum atomic E-state index is -0.344. The molecule has 0 fully saturated rings. The summed E-state index contributed by atoms with van der Waals surface area (Å²) < 4.78 is 0. The number of hydrogen-bond donors (Lipinski definition) is 1. The van der Waals surface area contributed by atoms with E-state index in [2.05, 4.69) is 10.3 Å². The number of hydrogen-bond acceptors (Lipinski definition) is 5. The van der Waals surface area contributed by atoms with Crippen molar-refractivity contribution in [1.82, 2.24) is 5.32 Å². The van der Waals surface area contributed by atoms with Gasteiger partial charge in [-0.15, -0.1) is 0 Å². The van der Waals surface area contributed by atoms with E-state index in [0.29, 0.717) is 12.2 Å². The zero-order valence-corrected chi connectivity index (χ0v) is 13.2. The highest BCUT2D eigenvalue weighted by Crippen LogP contribution is 2.38. The minimum Gasteiger partial charge on any atom is -0.364 e. The van der Waals surface area contributed by atoms with Gasteiger partial charge in [0.1, 0.15) is 5.69 Å². The molecule has 21 heavy (non-hydrogen) atoms. The van der Waals surface area contributed by atoms with Gasteiger partial charge in [-0.3, -0.25) is 15.1 Å². The topological polar surface area (TPSA) is 70.8 Å². The van der Waals surface area contributed by atoms with Crippen LogP contribution in [0.15, 0.2) is 35.0 Å². The van der Waals surface area contributed by atoms with E-state index in [1.54, 1.807) is 6.07 Å². The molecule has 0 spiro atoms. The van der Waals surface area contributed by atoms with Crippen LogP contribution in [0.25, 0.3) is 0 Å². The van der Waals surface area contributed by atoms with E-state index in [1.807, 2.05) is 52.2 Å². The van der Waals surface area contributed by atoms with Gasteiger partial charge in [-0.25, -0.2) is 0 Å². The van der Waals surface area contributed by atoms with Crippen LogP contribution >= 0.6 is 0 Å². The molecule has 6 nitrogen and oxygen atoms in total. The predicted molar refractivity (Wildman–Crippen MR) is 87.3 cm³/mol. The van der Waals surface area contributed by atoms with Crippen LogP contribution in [0.5, 0.6) is 0 Å². The summed E-state index contributed by atoms with van der Waals surface area (Å²) in [5.41, 5.74) is 3.73. The zero-order valence-electron chi connectivity index (χ0n) is 13.2. The molecule has 114 valence electrons. The van der Waals surface area contributed by atoms with Crippen molar-refractivity contribution in [2.24, 2.45) is 4.99 Å². The summed E-state index contributed by atoms with van der Waals surface area (Å²) in [6, 6.07) is 5.11. The first-order valence-electron chi connectivity index (χ1n) is 6.94. The van der Waals surface area contributed by atoms with Crippen molar-refractivity contribution >= 4 is 17.1 Å². The summed E-state index contributed by atoms with van der Waals surface area (Å²) in [5.74, 6) is 0. The summed E-state index contributed by atoms with van der Waals surface area (Å²) in [5, 5.41) is 13.7. The van der Waals surface area contributed by atoms with Crippen molar-refractivity contribution < 1.29 is 4.92 Å². The fourth-order valence-corrected chi connectivity index (χ4v) is 2.18. The Morgan fingerprint density at radius 2 is 1.95 bits per heavy atom. The smallest absolute Gasteiger partial charge is 0.293 e. The van der Waals surface area contributed by atoms with Crippen molar-refractivity contribution in [3.63, 3.8) is 0 Å². The van der Waals surface area contributed by atoms with Gasteiger partial charge in [0.15, 0.2) is 0 Å². The molecule has 2 aliphatic heterocycles. The molecule has 0 radical (unpaired) electrons. The molecule has 0 atom stereocenters. The second kappa shape index (κ2) is 7.54. The number of nitro groups is 1. The zero-order chi connectivity index (χ0) is 16.0. The highest BCUT2D eigenvalue weighted by atomic mass is 16.6. The first-order chi connectivity index (χ1) is 10.1. The fourth-order valence-electron chi connectivity index (χ4n) is 2.18. The van der Waals surface area contributed by atoms with Crippen LogP contribution in [-0.4, -0.2) is 38.3 Å². The Hall–Kier alpha value is -2.21. The SMILES string of the molecule is CC.CN1CC2=CN=C2c2cccc([N+](=O)[O-])c21.CNC. The average molecular weight is 290 g/mol. The third kappa shape index (κ3) is 3.28. The van der Waals surface area contributed by atoms with Crippen molar-refractivity contribution in [2.75, 3.05) is 32.6 Å². The Kier molecular flexibility index (Phi) is 6.05. The number of para-hydroxylation sites is 1. The number of likely N-dealkylation sites (N-methyl/N-ethyl adjacent to an activating group) is 1. The monoisotopic (exact) mass is 290 g/mol. The maximum atomic E-state index is 10.9. The number of anilines is 1. The van der Waals surface area contributed by atoms with Gasteiger partial charge in [-0.1, -0.05) is 26.0 Å². The third-order valence-electron chi connectivity index (χ3n) is 2.91. The number of rotatable bonds is 1. The summed E-state index contributed by atoms with van der Waals surface area (Å²) in [6.07, 6.45) is 1.81. The molecule has 0 aromatic heterocycles. The lowest BCUT2D eigenvalue weighted by molar-refractivity contribution is -0.384. The normalized spacial score (nSPS) is 13.9. The molecule has 0 saturated heterocycles. The Bertz CT molecular complexity index is 579. The van der Waals surface area contributed by atoms with E-state index in [1.165, 1.54) is 6.07 Å². The quantitative estimate of drug-likeness (QED) is 0.637. The van der Waals surface area contributed by atoms with Crippen molar-refractivity contribution in [2.45, 2.75) is 13.8 Å². The predicted octanol–water partition coefficient (Wildman–Crippen LogP) is 2.59. The molecule has 1 N–H and O–H groups in total. The van der Waals surface area contributed by atoms with Gasteiger partial charge in [0.2, 0.25) is 0 Å². The molecule has 0 saturated carbocycles. The Morgan fingerprint density at radius 3 is 2.43 bits per heavy atom. The minimum absolute atomic E-state index is 0.147. The van der Waals surface area contributed by atoms with E-state index >= 15 is 0 Å². The summed E-state index contributed by atoms with van der Waals surface area (Å²) in [4.78, 5) is 16.7. The molecule has 1 aromatic rings. The van der Waals surface area contributed by atoms with Crippen molar-refractivity contribution in [3.8, 4) is 0 Å². The largest absolute Gasteiger partial charge is 0.364 e. The van der Waals surface area contributed by atoms with Gasteiger partial charge in [-0.05, 0) is 14.1 Å². The number of nitro benzene ring substituents is 1. The number of nitrogens with zero attached hydrogens (tertiary/aromatic N) is 3. The Labute approximate surface area is 125 Å². The molecule has 0 unspecified atom stereocenters. The number of benzene rings is 1. The number of nitrogens with one attached hydrogen (secondary N) is 1. The molecule has 0 bridgehead atoms. The van der Waals surface area contributed by atoms with E-state index in [0.717, 1.165) is 16.8 Å². The molecule has 0 amide bonds. The van der Waals surface area contributed by atoms with Crippen LogP contribution in [0.2, 0.25) is 0 Å². The summed E-state index contributed by atoms with van der Waals surface area (Å²) in [7, 11) is 5.61. The maximum Gasteiger partial charge on any atom is 0.293 e.